The smallest absolute Gasteiger partial charge is 0.310 e. The van der Waals surface area contributed by atoms with Crippen molar-refractivity contribution in [1.29, 1.82) is 0 Å². The number of benzene rings is 1. The predicted octanol–water partition coefficient (Wildman–Crippen LogP) is 1.64. The van der Waals surface area contributed by atoms with E-state index in [9.17, 15) is 14.7 Å². The van der Waals surface area contributed by atoms with Crippen molar-refractivity contribution in [3.63, 3.8) is 0 Å². The molecule has 26 heavy (non-hydrogen) atoms. The normalized spacial score (nSPS) is 30.7. The minimum absolute atomic E-state index is 0.105. The largest absolute Gasteiger partial charge is 0.481 e. The molecule has 1 aromatic carbocycles. The van der Waals surface area contributed by atoms with E-state index in [1.54, 1.807) is 11.0 Å². The minimum atomic E-state index is -0.961. The van der Waals surface area contributed by atoms with Crippen molar-refractivity contribution in [2.45, 2.75) is 18.8 Å². The number of piperazine rings is 1. The van der Waals surface area contributed by atoms with Crippen LogP contribution >= 0.6 is 11.6 Å². The fraction of sp³-hybridized carbons (Fsp3) is 0.474. The van der Waals surface area contributed by atoms with Crippen LogP contribution in [0.3, 0.4) is 0 Å². The van der Waals surface area contributed by atoms with Gasteiger partial charge in [-0.1, -0.05) is 42.0 Å². The Morgan fingerprint density at radius 3 is 2.38 bits per heavy atom. The van der Waals surface area contributed by atoms with Gasteiger partial charge in [0.15, 0.2) is 0 Å². The van der Waals surface area contributed by atoms with E-state index in [2.05, 4.69) is 4.90 Å². The molecule has 2 saturated heterocycles. The standard InChI is InChI=1S/C19H21ClN2O4/c20-13-4-2-1-3-12(13)11-21-7-9-22(10-8-21)18(23)16-14-5-6-15(26-14)17(16)19(24)25/h1-6,14-17H,7-11H2,(H,24,25)/t14-,15+,16+,17+/m1/s1. The van der Waals surface area contributed by atoms with Crippen molar-refractivity contribution in [2.75, 3.05) is 26.2 Å². The van der Waals surface area contributed by atoms with Gasteiger partial charge in [-0.25, -0.2) is 0 Å². The van der Waals surface area contributed by atoms with Crippen molar-refractivity contribution < 1.29 is 19.4 Å². The number of rotatable bonds is 4. The van der Waals surface area contributed by atoms with Gasteiger partial charge in [0.05, 0.1) is 18.1 Å². The molecule has 6 nitrogen and oxygen atoms in total. The molecule has 1 amide bonds. The van der Waals surface area contributed by atoms with Crippen molar-refractivity contribution in [1.82, 2.24) is 9.80 Å². The van der Waals surface area contributed by atoms with Gasteiger partial charge in [-0.2, -0.15) is 0 Å². The van der Waals surface area contributed by atoms with Crippen LogP contribution in [-0.2, 0) is 20.9 Å². The Labute approximate surface area is 157 Å². The molecule has 0 saturated carbocycles. The first kappa shape index (κ1) is 17.5. The molecule has 7 heteroatoms. The fourth-order valence-corrected chi connectivity index (χ4v) is 4.30. The van der Waals surface area contributed by atoms with E-state index in [1.807, 2.05) is 30.3 Å². The topological polar surface area (TPSA) is 70.1 Å². The number of carbonyl (C=O) groups excluding carboxylic acids is 1. The number of carboxylic acid groups (broad SMARTS) is 1. The summed E-state index contributed by atoms with van der Waals surface area (Å²) in [6, 6.07) is 7.77. The number of hydrogen-bond acceptors (Lipinski definition) is 4. The number of ether oxygens (including phenoxy) is 1. The number of hydrogen-bond donors (Lipinski definition) is 1. The highest BCUT2D eigenvalue weighted by molar-refractivity contribution is 6.31. The molecule has 0 aromatic heterocycles. The van der Waals surface area contributed by atoms with E-state index in [0.29, 0.717) is 13.1 Å². The first-order valence-corrected chi connectivity index (χ1v) is 9.23. The van der Waals surface area contributed by atoms with E-state index in [1.165, 1.54) is 0 Å². The van der Waals surface area contributed by atoms with Crippen LogP contribution in [0.25, 0.3) is 0 Å². The van der Waals surface area contributed by atoms with Crippen molar-refractivity contribution in [3.8, 4) is 0 Å². The van der Waals surface area contributed by atoms with Crippen LogP contribution < -0.4 is 0 Å². The number of aliphatic carboxylic acids is 1. The highest BCUT2D eigenvalue weighted by Crippen LogP contribution is 2.40. The Morgan fingerprint density at radius 2 is 1.73 bits per heavy atom. The Kier molecular flexibility index (Phi) is 4.73. The van der Waals surface area contributed by atoms with Crippen LogP contribution in [0.5, 0.6) is 0 Å². The number of amides is 1. The van der Waals surface area contributed by atoms with Gasteiger partial charge in [0, 0.05) is 37.7 Å². The van der Waals surface area contributed by atoms with E-state index in [-0.39, 0.29) is 5.91 Å². The number of nitrogens with zero attached hydrogens (tertiary/aromatic N) is 2. The molecule has 0 spiro atoms. The van der Waals surface area contributed by atoms with E-state index in [4.69, 9.17) is 16.3 Å². The lowest BCUT2D eigenvalue weighted by molar-refractivity contribution is -0.150. The van der Waals surface area contributed by atoms with Crippen molar-refractivity contribution >= 4 is 23.5 Å². The van der Waals surface area contributed by atoms with Crippen LogP contribution in [0.2, 0.25) is 5.02 Å². The average molecular weight is 377 g/mol. The predicted molar refractivity (Wildman–Crippen MR) is 95.7 cm³/mol. The first-order valence-electron chi connectivity index (χ1n) is 8.86. The fourth-order valence-electron chi connectivity index (χ4n) is 4.10. The minimum Gasteiger partial charge on any atom is -0.481 e. The molecule has 1 N–H and O–H groups in total. The lowest BCUT2D eigenvalue weighted by atomic mass is 9.82. The molecule has 3 aliphatic rings. The number of carbonyl (C=O) groups is 2. The highest BCUT2D eigenvalue weighted by Gasteiger charge is 2.54. The lowest BCUT2D eigenvalue weighted by Gasteiger charge is -2.37. The summed E-state index contributed by atoms with van der Waals surface area (Å²) in [6.45, 7) is 3.41. The van der Waals surface area contributed by atoms with Crippen LogP contribution in [0, 0.1) is 11.8 Å². The third kappa shape index (κ3) is 3.13. The average Bonchev–Trinajstić information content (AvgIpc) is 3.25. The molecule has 138 valence electrons. The van der Waals surface area contributed by atoms with Crippen molar-refractivity contribution in [2.24, 2.45) is 11.8 Å². The van der Waals surface area contributed by atoms with Gasteiger partial charge in [-0.05, 0) is 11.6 Å². The molecule has 2 fully saturated rings. The number of carboxylic acids is 1. The summed E-state index contributed by atoms with van der Waals surface area (Å²) in [5, 5.41) is 10.2. The van der Waals surface area contributed by atoms with E-state index < -0.39 is 30.0 Å². The van der Waals surface area contributed by atoms with Gasteiger partial charge in [0.25, 0.3) is 0 Å². The van der Waals surface area contributed by atoms with Crippen molar-refractivity contribution in [3.05, 3.63) is 47.0 Å². The van der Waals surface area contributed by atoms with Gasteiger partial charge in [-0.3, -0.25) is 14.5 Å². The summed E-state index contributed by atoms with van der Waals surface area (Å²) in [6.07, 6.45) is 2.69. The third-order valence-corrected chi connectivity index (χ3v) is 5.87. The first-order chi connectivity index (χ1) is 12.5. The van der Waals surface area contributed by atoms with Gasteiger partial charge in [0.2, 0.25) is 5.91 Å². The second kappa shape index (κ2) is 7.02. The summed E-state index contributed by atoms with van der Waals surface area (Å²) < 4.78 is 5.62. The van der Waals surface area contributed by atoms with Gasteiger partial charge in [-0.15, -0.1) is 0 Å². The zero-order valence-electron chi connectivity index (χ0n) is 14.3. The van der Waals surface area contributed by atoms with Gasteiger partial charge in [0.1, 0.15) is 5.92 Å². The Bertz CT molecular complexity index is 745. The molecule has 0 aliphatic carbocycles. The molecule has 0 unspecified atom stereocenters. The molecular formula is C19H21ClN2O4. The molecule has 3 heterocycles. The van der Waals surface area contributed by atoms with Crippen LogP contribution in [0.1, 0.15) is 5.56 Å². The summed E-state index contributed by atoms with van der Waals surface area (Å²) in [5.74, 6) is -2.46. The summed E-state index contributed by atoms with van der Waals surface area (Å²) in [7, 11) is 0. The maximum atomic E-state index is 12.9. The van der Waals surface area contributed by atoms with E-state index >= 15 is 0 Å². The van der Waals surface area contributed by atoms with Crippen LogP contribution in [0.4, 0.5) is 0 Å². The summed E-state index contributed by atoms with van der Waals surface area (Å²) in [5.41, 5.74) is 1.08. The summed E-state index contributed by atoms with van der Waals surface area (Å²) in [4.78, 5) is 28.5. The molecule has 1 aromatic rings. The monoisotopic (exact) mass is 376 g/mol. The maximum absolute atomic E-state index is 12.9. The second-order valence-electron chi connectivity index (χ2n) is 7.03. The lowest BCUT2D eigenvalue weighted by Crippen LogP contribution is -2.52. The second-order valence-corrected chi connectivity index (χ2v) is 7.44. The number of fused-ring (bicyclic) bond motifs is 2. The third-order valence-electron chi connectivity index (χ3n) is 5.51. The van der Waals surface area contributed by atoms with Crippen LogP contribution in [0.15, 0.2) is 36.4 Å². The molecular weight excluding hydrogens is 356 g/mol. The van der Waals surface area contributed by atoms with Crippen LogP contribution in [-0.4, -0.2) is 65.2 Å². The zero-order valence-corrected chi connectivity index (χ0v) is 15.0. The highest BCUT2D eigenvalue weighted by atomic mass is 35.5. The molecule has 2 bridgehead atoms. The number of halogens is 1. The Hall–Kier alpha value is -1.89. The Balaban J connectivity index is 1.37. The quantitative estimate of drug-likeness (QED) is 0.809. The maximum Gasteiger partial charge on any atom is 0.310 e. The molecule has 3 aliphatic heterocycles. The zero-order chi connectivity index (χ0) is 18.3. The Morgan fingerprint density at radius 1 is 1.08 bits per heavy atom. The molecule has 4 rings (SSSR count). The van der Waals surface area contributed by atoms with Gasteiger partial charge >= 0.3 is 5.97 Å². The molecule has 0 radical (unpaired) electrons. The summed E-state index contributed by atoms with van der Waals surface area (Å²) >= 11 is 6.22. The SMILES string of the molecule is O=C(O)[C@@H]1[C@@H](C(=O)N2CCN(Cc3ccccc3Cl)CC2)[C@H]2C=C[C@@H]1O2. The molecule has 4 atom stereocenters. The van der Waals surface area contributed by atoms with Gasteiger partial charge < -0.3 is 14.7 Å². The van der Waals surface area contributed by atoms with E-state index in [0.717, 1.165) is 30.2 Å².